The van der Waals surface area contributed by atoms with Crippen molar-refractivity contribution in [1.82, 2.24) is 34.9 Å². The summed E-state index contributed by atoms with van der Waals surface area (Å²) >= 11 is 0. The van der Waals surface area contributed by atoms with E-state index in [1.807, 2.05) is 37.3 Å². The third kappa shape index (κ3) is 9.44. The van der Waals surface area contributed by atoms with Crippen LogP contribution in [0.1, 0.15) is 50.5 Å². The standard InChI is InChI=1S/C31H42N7O7P/c1-4-7-21-43-31(41)37-19-17-36(18-20-37)30(40)25(14-22-46(42,44-5-2)45-6-3)34-29(39)26-23-27(38-16-11-15-32-38)35-28(33-26)24-12-9-8-10-13-24/h8-13,15-16,23,25H,4-7,14,17-22H2,1-3H3,(H,34,39). The highest BCUT2D eigenvalue weighted by Gasteiger charge is 2.34. The van der Waals surface area contributed by atoms with Crippen LogP contribution in [0.2, 0.25) is 0 Å². The van der Waals surface area contributed by atoms with E-state index in [0.29, 0.717) is 23.8 Å². The fraction of sp³-hybridized carbons (Fsp3) is 0.484. The van der Waals surface area contributed by atoms with Crippen LogP contribution in [-0.2, 0) is 23.1 Å². The summed E-state index contributed by atoms with van der Waals surface area (Å²) in [6.07, 6.45) is 4.47. The summed E-state index contributed by atoms with van der Waals surface area (Å²) in [7, 11) is -3.52. The average molecular weight is 656 g/mol. The molecule has 1 fully saturated rings. The van der Waals surface area contributed by atoms with Gasteiger partial charge < -0.3 is 28.9 Å². The molecule has 1 atom stereocenters. The number of hydrogen-bond acceptors (Lipinski definition) is 10. The van der Waals surface area contributed by atoms with Crippen molar-refractivity contribution in [3.63, 3.8) is 0 Å². The van der Waals surface area contributed by atoms with Gasteiger partial charge in [0.05, 0.1) is 26.0 Å². The first-order chi connectivity index (χ1) is 22.3. The number of rotatable bonds is 15. The van der Waals surface area contributed by atoms with Gasteiger partial charge in [0.25, 0.3) is 5.91 Å². The number of amides is 3. The van der Waals surface area contributed by atoms with Crippen molar-refractivity contribution in [3.8, 4) is 17.2 Å². The zero-order chi connectivity index (χ0) is 32.9. The molecule has 3 heterocycles. The number of aromatic nitrogens is 4. The van der Waals surface area contributed by atoms with Crippen LogP contribution >= 0.6 is 7.60 Å². The summed E-state index contributed by atoms with van der Waals surface area (Å²) in [6, 6.07) is 11.4. The van der Waals surface area contributed by atoms with E-state index in [2.05, 4.69) is 20.4 Å². The molecule has 14 nitrogen and oxygen atoms in total. The van der Waals surface area contributed by atoms with E-state index < -0.39 is 25.6 Å². The summed E-state index contributed by atoms with van der Waals surface area (Å²) < 4.78 is 31.0. The number of benzene rings is 1. The molecule has 1 N–H and O–H groups in total. The number of hydrogen-bond donors (Lipinski definition) is 1. The van der Waals surface area contributed by atoms with Gasteiger partial charge in [0, 0.05) is 50.2 Å². The highest BCUT2D eigenvalue weighted by atomic mass is 31.2. The maximum Gasteiger partial charge on any atom is 0.409 e. The molecule has 2 aromatic heterocycles. The molecule has 0 radical (unpaired) electrons. The van der Waals surface area contributed by atoms with E-state index in [0.717, 1.165) is 12.8 Å². The molecule has 0 bridgehead atoms. The summed E-state index contributed by atoms with van der Waals surface area (Å²) in [5, 5.41) is 7.06. The summed E-state index contributed by atoms with van der Waals surface area (Å²) in [5.74, 6) is -0.324. The van der Waals surface area contributed by atoms with Crippen LogP contribution in [0.25, 0.3) is 17.2 Å². The Morgan fingerprint density at radius 3 is 2.28 bits per heavy atom. The molecular formula is C31H42N7O7P. The lowest BCUT2D eigenvalue weighted by Gasteiger charge is -2.36. The third-order valence-electron chi connectivity index (χ3n) is 7.24. The molecule has 3 amide bonds. The van der Waals surface area contributed by atoms with Crippen molar-refractivity contribution in [1.29, 1.82) is 0 Å². The molecule has 1 unspecified atom stereocenters. The van der Waals surface area contributed by atoms with E-state index in [9.17, 15) is 18.9 Å². The fourth-order valence-corrected chi connectivity index (χ4v) is 6.54. The Bertz CT molecular complexity index is 1470. The first-order valence-electron chi connectivity index (χ1n) is 15.6. The van der Waals surface area contributed by atoms with Gasteiger partial charge in [0.15, 0.2) is 11.6 Å². The molecule has 0 spiro atoms. The number of unbranched alkanes of at least 4 members (excludes halogenated alkanes) is 1. The van der Waals surface area contributed by atoms with Crippen LogP contribution in [0.5, 0.6) is 0 Å². The minimum atomic E-state index is -3.52. The molecule has 0 aliphatic carbocycles. The van der Waals surface area contributed by atoms with Gasteiger partial charge in [-0.2, -0.15) is 5.10 Å². The Morgan fingerprint density at radius 2 is 1.65 bits per heavy atom. The molecule has 4 rings (SSSR count). The van der Waals surface area contributed by atoms with Crippen molar-refractivity contribution in [2.24, 2.45) is 0 Å². The largest absolute Gasteiger partial charge is 0.449 e. The first-order valence-corrected chi connectivity index (χ1v) is 17.3. The van der Waals surface area contributed by atoms with Gasteiger partial charge >= 0.3 is 13.7 Å². The van der Waals surface area contributed by atoms with E-state index >= 15 is 0 Å². The Labute approximate surface area is 269 Å². The number of nitrogens with one attached hydrogen (secondary N) is 1. The van der Waals surface area contributed by atoms with Gasteiger partial charge in [-0.1, -0.05) is 43.7 Å². The van der Waals surface area contributed by atoms with Gasteiger partial charge in [0.2, 0.25) is 5.91 Å². The SMILES string of the molecule is CCCCOC(=O)N1CCN(C(=O)C(CCP(=O)(OCC)OCC)NC(=O)c2cc(-n3cccn3)nc(-c3ccccc3)n2)CC1. The quantitative estimate of drug-likeness (QED) is 0.186. The van der Waals surface area contributed by atoms with Gasteiger partial charge in [-0.3, -0.25) is 14.2 Å². The zero-order valence-corrected chi connectivity index (χ0v) is 27.4. The lowest BCUT2D eigenvalue weighted by Crippen LogP contribution is -2.56. The number of carbonyl (C=O) groups is 3. The third-order valence-corrected chi connectivity index (χ3v) is 9.35. The van der Waals surface area contributed by atoms with Crippen LogP contribution in [0.4, 0.5) is 4.79 Å². The Kier molecular flexibility index (Phi) is 12.8. The highest BCUT2D eigenvalue weighted by molar-refractivity contribution is 7.53. The van der Waals surface area contributed by atoms with Crippen LogP contribution in [0, 0.1) is 0 Å². The molecule has 1 aliphatic rings. The predicted octanol–water partition coefficient (Wildman–Crippen LogP) is 4.16. The molecular weight excluding hydrogens is 613 g/mol. The molecule has 248 valence electrons. The van der Waals surface area contributed by atoms with Crippen molar-refractivity contribution in [2.75, 3.05) is 52.2 Å². The zero-order valence-electron chi connectivity index (χ0n) is 26.5. The minimum absolute atomic E-state index is 0.0102. The number of piperazine rings is 1. The van der Waals surface area contributed by atoms with Gasteiger partial charge in [-0.15, -0.1) is 0 Å². The maximum atomic E-state index is 13.9. The van der Waals surface area contributed by atoms with Crippen molar-refractivity contribution in [2.45, 2.75) is 46.1 Å². The Hall–Kier alpha value is -4.13. The molecule has 46 heavy (non-hydrogen) atoms. The molecule has 1 aromatic carbocycles. The molecule has 0 saturated carbocycles. The molecule has 15 heteroatoms. The van der Waals surface area contributed by atoms with Crippen LogP contribution in [0.15, 0.2) is 54.9 Å². The highest BCUT2D eigenvalue weighted by Crippen LogP contribution is 2.48. The minimum Gasteiger partial charge on any atom is -0.449 e. The van der Waals surface area contributed by atoms with E-state index in [-0.39, 0.29) is 63.6 Å². The van der Waals surface area contributed by atoms with Gasteiger partial charge in [-0.25, -0.2) is 19.4 Å². The molecule has 1 saturated heterocycles. The lowest BCUT2D eigenvalue weighted by molar-refractivity contribution is -0.134. The number of ether oxygens (including phenoxy) is 1. The predicted molar refractivity (Wildman–Crippen MR) is 171 cm³/mol. The number of nitrogens with zero attached hydrogens (tertiary/aromatic N) is 6. The second-order valence-electron chi connectivity index (χ2n) is 10.5. The Morgan fingerprint density at radius 1 is 0.957 bits per heavy atom. The van der Waals surface area contributed by atoms with Crippen LogP contribution in [-0.4, -0.2) is 106 Å². The summed E-state index contributed by atoms with van der Waals surface area (Å²) in [5.41, 5.74) is 0.716. The normalized spacial score (nSPS) is 14.2. The second kappa shape index (κ2) is 17.0. The topological polar surface area (TPSA) is 158 Å². The average Bonchev–Trinajstić information content (AvgIpc) is 3.62. The molecule has 3 aromatic rings. The van der Waals surface area contributed by atoms with Crippen molar-refractivity contribution in [3.05, 3.63) is 60.6 Å². The lowest BCUT2D eigenvalue weighted by atomic mass is 10.1. The monoisotopic (exact) mass is 655 g/mol. The van der Waals surface area contributed by atoms with Gasteiger partial charge in [-0.05, 0) is 32.8 Å². The van der Waals surface area contributed by atoms with Crippen molar-refractivity contribution < 1.29 is 32.7 Å². The van der Waals surface area contributed by atoms with E-state index in [4.69, 9.17) is 13.8 Å². The maximum absolute atomic E-state index is 13.9. The van der Waals surface area contributed by atoms with Crippen molar-refractivity contribution >= 4 is 25.5 Å². The second-order valence-corrected chi connectivity index (χ2v) is 12.7. The summed E-state index contributed by atoms with van der Waals surface area (Å²) in [4.78, 5) is 52.4. The fourth-order valence-electron chi connectivity index (χ4n) is 4.85. The first kappa shape index (κ1) is 34.7. The van der Waals surface area contributed by atoms with E-state index in [1.54, 1.807) is 42.1 Å². The Balaban J connectivity index is 1.56. The molecule has 1 aliphatic heterocycles. The van der Waals surface area contributed by atoms with Gasteiger partial charge in [0.1, 0.15) is 11.7 Å². The van der Waals surface area contributed by atoms with Crippen LogP contribution in [0.3, 0.4) is 0 Å². The van der Waals surface area contributed by atoms with Crippen LogP contribution < -0.4 is 5.32 Å². The summed E-state index contributed by atoms with van der Waals surface area (Å²) in [6.45, 7) is 7.17. The number of carbonyl (C=O) groups excluding carboxylic acids is 3. The van der Waals surface area contributed by atoms with E-state index in [1.165, 1.54) is 10.7 Å². The smallest absolute Gasteiger partial charge is 0.409 e.